The Bertz CT molecular complexity index is 810. The monoisotopic (exact) mass is 405 g/mol. The number of benzene rings is 1. The lowest BCUT2D eigenvalue weighted by Crippen LogP contribution is -2.41. The molecule has 2 heterocycles. The van der Waals surface area contributed by atoms with Crippen molar-refractivity contribution in [3.63, 3.8) is 0 Å². The van der Waals surface area contributed by atoms with E-state index >= 15 is 0 Å². The van der Waals surface area contributed by atoms with Gasteiger partial charge in [0.25, 0.3) is 0 Å². The number of carbonyl (C=O) groups excluding carboxylic acids is 2. The zero-order chi connectivity index (χ0) is 21.4. The highest BCUT2D eigenvalue weighted by Crippen LogP contribution is 2.45. The number of hydrogen-bond donors (Lipinski definition) is 0. The van der Waals surface area contributed by atoms with Crippen LogP contribution in [-0.4, -0.2) is 50.7 Å². The van der Waals surface area contributed by atoms with Crippen molar-refractivity contribution in [1.29, 1.82) is 0 Å². The van der Waals surface area contributed by atoms with Gasteiger partial charge in [-0.25, -0.2) is 9.59 Å². The van der Waals surface area contributed by atoms with E-state index in [1.165, 1.54) is 14.2 Å². The van der Waals surface area contributed by atoms with Gasteiger partial charge in [-0.15, -0.1) is 0 Å². The van der Waals surface area contributed by atoms with Gasteiger partial charge in [-0.3, -0.25) is 0 Å². The summed E-state index contributed by atoms with van der Waals surface area (Å²) < 4.78 is 27.3. The zero-order valence-corrected chi connectivity index (χ0v) is 17.6. The van der Waals surface area contributed by atoms with E-state index in [4.69, 9.17) is 23.7 Å². The number of methoxy groups -OCH3 is 2. The van der Waals surface area contributed by atoms with Crippen molar-refractivity contribution in [1.82, 2.24) is 0 Å². The number of ether oxygens (including phenoxy) is 5. The van der Waals surface area contributed by atoms with E-state index in [0.29, 0.717) is 5.69 Å². The molecule has 0 spiro atoms. The molecule has 0 bridgehead atoms. The average Bonchev–Trinajstić information content (AvgIpc) is 2.93. The third-order valence-corrected chi connectivity index (χ3v) is 5.56. The molecule has 0 aliphatic carbocycles. The average molecular weight is 405 g/mol. The lowest BCUT2D eigenvalue weighted by Gasteiger charge is -2.31. The van der Waals surface area contributed by atoms with E-state index in [2.05, 4.69) is 0 Å². The normalized spacial score (nSPS) is 21.2. The fraction of sp³-hybridized carbons (Fsp3) is 0.524. The summed E-state index contributed by atoms with van der Waals surface area (Å²) in [5.74, 6) is -1.27. The first-order valence-electron chi connectivity index (χ1n) is 9.32. The molecule has 0 aromatic heterocycles. The molecule has 8 nitrogen and oxygen atoms in total. The largest absolute Gasteiger partial charge is 0.466 e. The van der Waals surface area contributed by atoms with Gasteiger partial charge < -0.3 is 28.6 Å². The first kappa shape index (κ1) is 21.3. The first-order valence-corrected chi connectivity index (χ1v) is 9.32. The van der Waals surface area contributed by atoms with Crippen molar-refractivity contribution in [3.05, 3.63) is 41.1 Å². The van der Waals surface area contributed by atoms with Crippen LogP contribution < -0.4 is 4.90 Å². The Morgan fingerprint density at radius 2 is 1.52 bits per heavy atom. The van der Waals surface area contributed by atoms with E-state index in [0.717, 1.165) is 5.56 Å². The molecule has 158 valence electrons. The maximum absolute atomic E-state index is 12.4. The van der Waals surface area contributed by atoms with E-state index in [1.54, 1.807) is 4.90 Å². The summed E-state index contributed by atoms with van der Waals surface area (Å²) in [6.07, 6.45) is -0.493. The van der Waals surface area contributed by atoms with Gasteiger partial charge in [0.15, 0.2) is 6.29 Å². The summed E-state index contributed by atoms with van der Waals surface area (Å²) in [6.45, 7) is 8.05. The van der Waals surface area contributed by atoms with Crippen LogP contribution in [0.2, 0.25) is 0 Å². The van der Waals surface area contributed by atoms with Gasteiger partial charge in [0.05, 0.1) is 37.6 Å². The van der Waals surface area contributed by atoms with Crippen LogP contribution in [0.15, 0.2) is 35.5 Å². The Hall–Kier alpha value is -2.42. The van der Waals surface area contributed by atoms with Crippen LogP contribution in [0.4, 0.5) is 5.69 Å². The van der Waals surface area contributed by atoms with Crippen molar-refractivity contribution >= 4 is 17.6 Å². The van der Waals surface area contributed by atoms with Crippen molar-refractivity contribution in [2.75, 3.05) is 32.5 Å². The lowest BCUT2D eigenvalue weighted by atomic mass is 9.90. The molecule has 1 aromatic carbocycles. The predicted octanol–water partition coefficient (Wildman–Crippen LogP) is 2.68. The molecule has 3 rings (SSSR count). The molecule has 0 atom stereocenters. The highest BCUT2D eigenvalue weighted by atomic mass is 16.7. The minimum atomic E-state index is -0.635. The second-order valence-corrected chi connectivity index (χ2v) is 7.90. The van der Waals surface area contributed by atoms with Gasteiger partial charge in [-0.2, -0.15) is 0 Å². The van der Waals surface area contributed by atoms with Crippen molar-refractivity contribution in [3.8, 4) is 0 Å². The number of rotatable bonds is 4. The quantitative estimate of drug-likeness (QED) is 0.707. The Kier molecular flexibility index (Phi) is 5.71. The summed E-state index contributed by atoms with van der Waals surface area (Å²) >= 11 is 0. The topological polar surface area (TPSA) is 83.5 Å². The molecule has 0 amide bonds. The van der Waals surface area contributed by atoms with Crippen LogP contribution in [0.25, 0.3) is 0 Å². The van der Waals surface area contributed by atoms with Crippen LogP contribution in [-0.2, 0) is 33.3 Å². The van der Waals surface area contributed by atoms with Crippen molar-refractivity contribution in [2.45, 2.75) is 45.2 Å². The number of carbonyl (C=O) groups is 2. The van der Waals surface area contributed by atoms with Crippen LogP contribution in [0.3, 0.4) is 0 Å². The van der Waals surface area contributed by atoms with Crippen molar-refractivity contribution < 1.29 is 33.3 Å². The Balaban J connectivity index is 1.91. The molecule has 2 aliphatic heterocycles. The fourth-order valence-electron chi connectivity index (χ4n) is 3.14. The first-order chi connectivity index (χ1) is 13.6. The van der Waals surface area contributed by atoms with Gasteiger partial charge in [-0.1, -0.05) is 12.1 Å². The molecule has 0 saturated carbocycles. The van der Waals surface area contributed by atoms with E-state index < -0.39 is 29.4 Å². The maximum atomic E-state index is 12.4. The van der Waals surface area contributed by atoms with Crippen LogP contribution >= 0.6 is 0 Å². The van der Waals surface area contributed by atoms with Gasteiger partial charge in [-0.05, 0) is 39.8 Å². The second-order valence-electron chi connectivity index (χ2n) is 7.90. The van der Waals surface area contributed by atoms with E-state index in [1.807, 2.05) is 52.0 Å². The van der Waals surface area contributed by atoms with Gasteiger partial charge in [0.1, 0.15) is 12.4 Å². The molecule has 0 unspecified atom stereocenters. The highest BCUT2D eigenvalue weighted by Gasteiger charge is 2.49. The standard InChI is InChI=1S/C21H27NO7/c1-20(2)21(3,4)29-19(28-20)13-7-9-14(10-8-13)22-12-27-11-15(17(23)25-5)16(22)18(24)26-6/h7-10,19H,11-12H2,1-6H3. The summed E-state index contributed by atoms with van der Waals surface area (Å²) in [5.41, 5.74) is 0.851. The highest BCUT2D eigenvalue weighted by molar-refractivity contribution is 6.03. The third-order valence-electron chi connectivity index (χ3n) is 5.56. The maximum Gasteiger partial charge on any atom is 0.355 e. The Morgan fingerprint density at radius 3 is 2.03 bits per heavy atom. The molecule has 2 aliphatic rings. The Morgan fingerprint density at radius 1 is 0.966 bits per heavy atom. The smallest absolute Gasteiger partial charge is 0.355 e. The molecule has 8 heteroatoms. The number of esters is 2. The van der Waals surface area contributed by atoms with Crippen LogP contribution in [0, 0.1) is 0 Å². The third kappa shape index (κ3) is 3.88. The Labute approximate surface area is 170 Å². The minimum absolute atomic E-state index is 0.0282. The van der Waals surface area contributed by atoms with Gasteiger partial charge in [0.2, 0.25) is 0 Å². The summed E-state index contributed by atoms with van der Waals surface area (Å²) in [5, 5.41) is 0. The molecule has 0 radical (unpaired) electrons. The minimum Gasteiger partial charge on any atom is -0.466 e. The lowest BCUT2D eigenvalue weighted by molar-refractivity contribution is -0.140. The van der Waals surface area contributed by atoms with Gasteiger partial charge in [0, 0.05) is 11.3 Å². The molecular weight excluding hydrogens is 378 g/mol. The summed E-state index contributed by atoms with van der Waals surface area (Å²) in [4.78, 5) is 26.1. The number of anilines is 1. The molecular formula is C21H27NO7. The predicted molar refractivity (Wildman–Crippen MR) is 104 cm³/mol. The van der Waals surface area contributed by atoms with Crippen LogP contribution in [0.1, 0.15) is 39.5 Å². The van der Waals surface area contributed by atoms with E-state index in [-0.39, 0.29) is 24.6 Å². The molecule has 29 heavy (non-hydrogen) atoms. The molecule has 1 fully saturated rings. The SMILES string of the molecule is COC(=O)C1=C(C(=O)OC)N(c2ccc(C3OC(C)(C)C(C)(C)O3)cc2)COC1. The van der Waals surface area contributed by atoms with Gasteiger partial charge >= 0.3 is 11.9 Å². The molecule has 0 N–H and O–H groups in total. The number of hydrogen-bond acceptors (Lipinski definition) is 8. The number of nitrogens with zero attached hydrogens (tertiary/aromatic N) is 1. The van der Waals surface area contributed by atoms with E-state index in [9.17, 15) is 9.59 Å². The summed E-state index contributed by atoms with van der Waals surface area (Å²) in [6, 6.07) is 7.34. The summed E-state index contributed by atoms with van der Waals surface area (Å²) in [7, 11) is 2.52. The second kappa shape index (κ2) is 7.78. The molecule has 1 saturated heterocycles. The molecule has 1 aromatic rings. The van der Waals surface area contributed by atoms with Crippen LogP contribution in [0.5, 0.6) is 0 Å². The fourth-order valence-corrected chi connectivity index (χ4v) is 3.14. The zero-order valence-electron chi connectivity index (χ0n) is 17.6. The van der Waals surface area contributed by atoms with Crippen molar-refractivity contribution in [2.24, 2.45) is 0 Å².